The summed E-state index contributed by atoms with van der Waals surface area (Å²) in [5, 5.41) is 19.6. The van der Waals surface area contributed by atoms with Gasteiger partial charge in [0.1, 0.15) is 5.92 Å². The van der Waals surface area contributed by atoms with Gasteiger partial charge in [-0.05, 0) is 31.2 Å². The number of aliphatic hydroxyl groups is 1. The van der Waals surface area contributed by atoms with E-state index >= 15 is 0 Å². The second-order valence-electron chi connectivity index (χ2n) is 4.68. The van der Waals surface area contributed by atoms with Gasteiger partial charge in [-0.25, -0.2) is 0 Å². The average molecular weight is 220 g/mol. The van der Waals surface area contributed by atoms with Crippen molar-refractivity contribution in [1.29, 1.82) is 0 Å². The molecule has 1 fully saturated rings. The molecule has 2 rings (SSSR count). The molecule has 0 radical (unpaired) electrons. The zero-order valence-electron chi connectivity index (χ0n) is 9.26. The van der Waals surface area contributed by atoms with Crippen molar-refractivity contribution in [2.24, 2.45) is 5.92 Å². The van der Waals surface area contributed by atoms with Gasteiger partial charge in [0.05, 0.1) is 5.60 Å². The maximum Gasteiger partial charge on any atom is 0.313 e. The molecule has 0 bridgehead atoms. The number of aliphatic carboxylic acids is 1. The van der Waals surface area contributed by atoms with Gasteiger partial charge in [-0.3, -0.25) is 4.79 Å². The first-order valence-corrected chi connectivity index (χ1v) is 5.53. The molecule has 3 nitrogen and oxygen atoms in total. The molecule has 0 aromatic heterocycles. The number of carboxylic acid groups (broad SMARTS) is 1. The zero-order valence-corrected chi connectivity index (χ0v) is 9.26. The number of rotatable bonds is 4. The lowest BCUT2D eigenvalue weighted by atomic mass is 9.80. The number of hydrogen-bond acceptors (Lipinski definition) is 2. The second-order valence-corrected chi connectivity index (χ2v) is 4.68. The summed E-state index contributed by atoms with van der Waals surface area (Å²) in [7, 11) is 0. The van der Waals surface area contributed by atoms with Gasteiger partial charge in [0.2, 0.25) is 0 Å². The van der Waals surface area contributed by atoms with E-state index < -0.39 is 17.5 Å². The van der Waals surface area contributed by atoms with Crippen LogP contribution in [0.3, 0.4) is 0 Å². The third kappa shape index (κ3) is 1.95. The molecular weight excluding hydrogens is 204 g/mol. The molecule has 3 heteroatoms. The Morgan fingerprint density at radius 2 is 1.94 bits per heavy atom. The lowest BCUT2D eigenvalue weighted by Gasteiger charge is -2.30. The summed E-state index contributed by atoms with van der Waals surface area (Å²) in [5.41, 5.74) is -0.473. The lowest BCUT2D eigenvalue weighted by molar-refractivity contribution is -0.146. The van der Waals surface area contributed by atoms with Crippen LogP contribution in [-0.4, -0.2) is 21.8 Å². The molecule has 0 unspecified atom stereocenters. The van der Waals surface area contributed by atoms with Crippen LogP contribution in [-0.2, 0) is 4.79 Å². The normalized spacial score (nSPS) is 21.1. The SMILES string of the molecule is C[C@@](O)(C1CC1)[C@@H](C(=O)O)c1ccccc1. The van der Waals surface area contributed by atoms with Crippen molar-refractivity contribution in [3.8, 4) is 0 Å². The summed E-state index contributed by atoms with van der Waals surface area (Å²) in [5.74, 6) is -1.67. The van der Waals surface area contributed by atoms with E-state index in [1.54, 1.807) is 31.2 Å². The highest BCUT2D eigenvalue weighted by Gasteiger charge is 2.49. The summed E-state index contributed by atoms with van der Waals surface area (Å²) in [6, 6.07) is 8.96. The minimum Gasteiger partial charge on any atom is -0.481 e. The maximum absolute atomic E-state index is 11.3. The predicted octanol–water partition coefficient (Wildman–Crippen LogP) is 2.02. The van der Waals surface area contributed by atoms with Gasteiger partial charge in [-0.15, -0.1) is 0 Å². The van der Waals surface area contributed by atoms with Gasteiger partial charge in [0.25, 0.3) is 0 Å². The zero-order chi connectivity index (χ0) is 11.8. The summed E-state index contributed by atoms with van der Waals surface area (Å²) in [6.45, 7) is 1.64. The minimum absolute atomic E-state index is 0.119. The number of carbonyl (C=O) groups is 1. The first kappa shape index (κ1) is 11.1. The highest BCUT2D eigenvalue weighted by Crippen LogP contribution is 2.46. The molecule has 1 saturated carbocycles. The average Bonchev–Trinajstić information content (AvgIpc) is 3.01. The van der Waals surface area contributed by atoms with Crippen LogP contribution in [0.4, 0.5) is 0 Å². The summed E-state index contributed by atoms with van der Waals surface area (Å²) in [6.07, 6.45) is 1.84. The van der Waals surface area contributed by atoms with E-state index in [-0.39, 0.29) is 5.92 Å². The van der Waals surface area contributed by atoms with E-state index in [1.165, 1.54) is 0 Å². The molecule has 1 aliphatic carbocycles. The molecule has 0 aliphatic heterocycles. The van der Waals surface area contributed by atoms with Crippen LogP contribution in [0.2, 0.25) is 0 Å². The number of carboxylic acids is 1. The smallest absolute Gasteiger partial charge is 0.313 e. The Bertz CT molecular complexity index is 379. The molecular formula is C13H16O3. The van der Waals surface area contributed by atoms with Crippen LogP contribution >= 0.6 is 0 Å². The van der Waals surface area contributed by atoms with Gasteiger partial charge in [0.15, 0.2) is 0 Å². The van der Waals surface area contributed by atoms with Crippen molar-refractivity contribution >= 4 is 5.97 Å². The van der Waals surface area contributed by atoms with E-state index in [9.17, 15) is 15.0 Å². The van der Waals surface area contributed by atoms with E-state index in [4.69, 9.17) is 0 Å². The molecule has 0 heterocycles. The molecule has 86 valence electrons. The maximum atomic E-state index is 11.3. The van der Waals surface area contributed by atoms with Gasteiger partial charge >= 0.3 is 5.97 Å². The van der Waals surface area contributed by atoms with Gasteiger partial charge < -0.3 is 10.2 Å². The first-order valence-electron chi connectivity index (χ1n) is 5.53. The van der Waals surface area contributed by atoms with Crippen molar-refractivity contribution in [3.05, 3.63) is 35.9 Å². The Morgan fingerprint density at radius 3 is 2.38 bits per heavy atom. The topological polar surface area (TPSA) is 57.5 Å². The van der Waals surface area contributed by atoms with E-state index in [0.29, 0.717) is 5.56 Å². The third-order valence-corrected chi connectivity index (χ3v) is 3.37. The third-order valence-electron chi connectivity index (χ3n) is 3.37. The lowest BCUT2D eigenvalue weighted by Crippen LogP contribution is -2.39. The molecule has 2 N–H and O–H groups in total. The monoisotopic (exact) mass is 220 g/mol. The Labute approximate surface area is 94.7 Å². The molecule has 1 aromatic rings. The number of benzene rings is 1. The van der Waals surface area contributed by atoms with Crippen molar-refractivity contribution in [2.45, 2.75) is 31.3 Å². The van der Waals surface area contributed by atoms with Crippen LogP contribution in [0, 0.1) is 5.92 Å². The Hall–Kier alpha value is -1.35. The van der Waals surface area contributed by atoms with Crippen LogP contribution in [0.15, 0.2) is 30.3 Å². The fourth-order valence-corrected chi connectivity index (χ4v) is 2.28. The van der Waals surface area contributed by atoms with Crippen LogP contribution in [0.5, 0.6) is 0 Å². The molecule has 0 saturated heterocycles. The fourth-order valence-electron chi connectivity index (χ4n) is 2.28. The molecule has 1 aromatic carbocycles. The van der Waals surface area contributed by atoms with Crippen molar-refractivity contribution < 1.29 is 15.0 Å². The quantitative estimate of drug-likeness (QED) is 0.816. The number of hydrogen-bond donors (Lipinski definition) is 2. The summed E-state index contributed by atoms with van der Waals surface area (Å²) in [4.78, 5) is 11.3. The van der Waals surface area contributed by atoms with Crippen molar-refractivity contribution in [1.82, 2.24) is 0 Å². The fraction of sp³-hybridized carbons (Fsp3) is 0.462. The van der Waals surface area contributed by atoms with Crippen molar-refractivity contribution in [2.75, 3.05) is 0 Å². The van der Waals surface area contributed by atoms with Gasteiger partial charge in [0, 0.05) is 0 Å². The van der Waals surface area contributed by atoms with E-state index in [2.05, 4.69) is 0 Å². The largest absolute Gasteiger partial charge is 0.481 e. The summed E-state index contributed by atoms with van der Waals surface area (Å²) < 4.78 is 0. The molecule has 1 aliphatic rings. The van der Waals surface area contributed by atoms with Gasteiger partial charge in [-0.1, -0.05) is 30.3 Å². The Kier molecular flexibility index (Phi) is 2.72. The Morgan fingerprint density at radius 1 is 1.38 bits per heavy atom. The molecule has 2 atom stereocenters. The van der Waals surface area contributed by atoms with Crippen LogP contribution in [0.25, 0.3) is 0 Å². The highest BCUT2D eigenvalue weighted by atomic mass is 16.4. The van der Waals surface area contributed by atoms with Gasteiger partial charge in [-0.2, -0.15) is 0 Å². The highest BCUT2D eigenvalue weighted by molar-refractivity contribution is 5.78. The van der Waals surface area contributed by atoms with Crippen LogP contribution < -0.4 is 0 Å². The molecule has 0 spiro atoms. The van der Waals surface area contributed by atoms with E-state index in [1.807, 2.05) is 6.07 Å². The second kappa shape index (κ2) is 3.91. The first-order chi connectivity index (χ1) is 7.53. The predicted molar refractivity (Wildman–Crippen MR) is 60.2 cm³/mol. The van der Waals surface area contributed by atoms with Crippen molar-refractivity contribution in [3.63, 3.8) is 0 Å². The van der Waals surface area contributed by atoms with E-state index in [0.717, 1.165) is 12.8 Å². The molecule has 16 heavy (non-hydrogen) atoms. The summed E-state index contributed by atoms with van der Waals surface area (Å²) >= 11 is 0. The minimum atomic E-state index is -1.15. The Balaban J connectivity index is 2.34. The van der Waals surface area contributed by atoms with Crippen LogP contribution in [0.1, 0.15) is 31.2 Å². The molecule has 0 amide bonds. The standard InChI is InChI=1S/C13H16O3/c1-13(16,10-7-8-10)11(12(14)15)9-5-3-2-4-6-9/h2-6,10-11,16H,7-8H2,1H3,(H,14,15)/t11-,13-/m1/s1.